The Morgan fingerprint density at radius 2 is 1.89 bits per heavy atom. The van der Waals surface area contributed by atoms with Crippen LogP contribution in [0.15, 0.2) is 18.5 Å². The van der Waals surface area contributed by atoms with E-state index in [0.717, 1.165) is 36.8 Å². The quantitative estimate of drug-likeness (QED) is 0.827. The zero-order valence-corrected chi connectivity index (χ0v) is 12.2. The van der Waals surface area contributed by atoms with Crippen LogP contribution in [0.1, 0.15) is 26.2 Å². The van der Waals surface area contributed by atoms with Crippen molar-refractivity contribution in [3.8, 4) is 0 Å². The second-order valence-electron chi connectivity index (χ2n) is 5.52. The van der Waals surface area contributed by atoms with Crippen molar-refractivity contribution in [1.82, 2.24) is 9.88 Å². The first-order chi connectivity index (χ1) is 9.28. The minimum Gasteiger partial charge on any atom is -0.384 e. The SMILES string of the molecule is CCCNc1cncc(NCC2CCN(C)CC2)c1. The summed E-state index contributed by atoms with van der Waals surface area (Å²) in [6.07, 6.45) is 7.52. The number of likely N-dealkylation sites (tertiary alicyclic amines) is 1. The van der Waals surface area contributed by atoms with Gasteiger partial charge in [-0.1, -0.05) is 6.92 Å². The lowest BCUT2D eigenvalue weighted by Gasteiger charge is -2.29. The number of nitrogens with zero attached hydrogens (tertiary/aromatic N) is 2. The molecule has 1 aromatic heterocycles. The largest absolute Gasteiger partial charge is 0.384 e. The fourth-order valence-corrected chi connectivity index (χ4v) is 2.43. The van der Waals surface area contributed by atoms with E-state index in [1.807, 2.05) is 12.4 Å². The lowest BCUT2D eigenvalue weighted by molar-refractivity contribution is 0.226. The van der Waals surface area contributed by atoms with Gasteiger partial charge in [-0.05, 0) is 51.4 Å². The van der Waals surface area contributed by atoms with Crippen molar-refractivity contribution in [2.24, 2.45) is 5.92 Å². The average Bonchev–Trinajstić information content (AvgIpc) is 2.45. The normalized spacial score (nSPS) is 17.4. The van der Waals surface area contributed by atoms with E-state index in [9.17, 15) is 0 Å². The fourth-order valence-electron chi connectivity index (χ4n) is 2.43. The predicted molar refractivity (Wildman–Crippen MR) is 81.7 cm³/mol. The van der Waals surface area contributed by atoms with Crippen LogP contribution in [-0.2, 0) is 0 Å². The molecule has 2 N–H and O–H groups in total. The Bertz CT molecular complexity index is 372. The molecule has 1 saturated heterocycles. The van der Waals surface area contributed by atoms with Crippen LogP contribution in [0.3, 0.4) is 0 Å². The van der Waals surface area contributed by atoms with E-state index in [-0.39, 0.29) is 0 Å². The Hall–Kier alpha value is -1.29. The van der Waals surface area contributed by atoms with E-state index < -0.39 is 0 Å². The number of hydrogen-bond acceptors (Lipinski definition) is 4. The summed E-state index contributed by atoms with van der Waals surface area (Å²) in [4.78, 5) is 6.69. The maximum absolute atomic E-state index is 4.28. The second kappa shape index (κ2) is 7.34. The van der Waals surface area contributed by atoms with Crippen molar-refractivity contribution in [3.05, 3.63) is 18.5 Å². The fraction of sp³-hybridized carbons (Fsp3) is 0.667. The summed E-state index contributed by atoms with van der Waals surface area (Å²) in [5.41, 5.74) is 2.23. The number of nitrogens with one attached hydrogen (secondary N) is 2. The van der Waals surface area contributed by atoms with Gasteiger partial charge in [-0.15, -0.1) is 0 Å². The molecule has 0 aliphatic carbocycles. The highest BCUT2D eigenvalue weighted by Crippen LogP contribution is 2.18. The summed E-state index contributed by atoms with van der Waals surface area (Å²) in [6.45, 7) is 6.68. The van der Waals surface area contributed by atoms with Crippen LogP contribution in [-0.4, -0.2) is 43.1 Å². The Balaban J connectivity index is 1.78. The van der Waals surface area contributed by atoms with Gasteiger partial charge in [0.15, 0.2) is 0 Å². The van der Waals surface area contributed by atoms with Crippen molar-refractivity contribution in [3.63, 3.8) is 0 Å². The minimum absolute atomic E-state index is 0.795. The van der Waals surface area contributed by atoms with E-state index in [0.29, 0.717) is 0 Å². The standard InChI is InChI=1S/C15H26N4/c1-3-6-17-14-9-15(12-16-11-14)18-10-13-4-7-19(2)8-5-13/h9,11-13,17-18H,3-8,10H2,1-2H3. The monoisotopic (exact) mass is 262 g/mol. The minimum atomic E-state index is 0.795. The van der Waals surface area contributed by atoms with Crippen LogP contribution in [0.4, 0.5) is 11.4 Å². The molecular weight excluding hydrogens is 236 g/mol. The maximum atomic E-state index is 4.28. The lowest BCUT2D eigenvalue weighted by Crippen LogP contribution is -2.32. The van der Waals surface area contributed by atoms with Gasteiger partial charge in [-0.25, -0.2) is 0 Å². The van der Waals surface area contributed by atoms with E-state index in [4.69, 9.17) is 0 Å². The first-order valence-electron chi connectivity index (χ1n) is 7.39. The number of pyridine rings is 1. The molecule has 0 spiro atoms. The smallest absolute Gasteiger partial charge is 0.0547 e. The molecular formula is C15H26N4. The molecule has 2 heterocycles. The van der Waals surface area contributed by atoms with Crippen LogP contribution < -0.4 is 10.6 Å². The number of hydrogen-bond donors (Lipinski definition) is 2. The molecule has 1 aliphatic heterocycles. The predicted octanol–water partition coefficient (Wildman–Crippen LogP) is 2.66. The van der Waals surface area contributed by atoms with Gasteiger partial charge < -0.3 is 15.5 Å². The Morgan fingerprint density at radius 1 is 1.21 bits per heavy atom. The molecule has 1 aromatic rings. The number of piperidine rings is 1. The summed E-state index contributed by atoms with van der Waals surface area (Å²) in [6, 6.07) is 2.15. The van der Waals surface area contributed by atoms with Crippen LogP contribution in [0.25, 0.3) is 0 Å². The molecule has 1 aliphatic rings. The van der Waals surface area contributed by atoms with Gasteiger partial charge in [0.1, 0.15) is 0 Å². The topological polar surface area (TPSA) is 40.2 Å². The van der Waals surface area contributed by atoms with Crippen molar-refractivity contribution in [2.75, 3.05) is 43.9 Å². The number of aromatic nitrogens is 1. The van der Waals surface area contributed by atoms with Crippen molar-refractivity contribution in [1.29, 1.82) is 0 Å². The summed E-state index contributed by atoms with van der Waals surface area (Å²) >= 11 is 0. The van der Waals surface area contributed by atoms with Gasteiger partial charge in [0, 0.05) is 13.1 Å². The van der Waals surface area contributed by atoms with Crippen LogP contribution in [0.5, 0.6) is 0 Å². The molecule has 4 heteroatoms. The first-order valence-corrected chi connectivity index (χ1v) is 7.39. The number of anilines is 2. The van der Waals surface area contributed by atoms with Gasteiger partial charge in [0.2, 0.25) is 0 Å². The zero-order chi connectivity index (χ0) is 13.5. The van der Waals surface area contributed by atoms with Gasteiger partial charge in [-0.2, -0.15) is 0 Å². The van der Waals surface area contributed by atoms with Gasteiger partial charge in [0.25, 0.3) is 0 Å². The van der Waals surface area contributed by atoms with Gasteiger partial charge in [-0.3, -0.25) is 4.98 Å². The molecule has 0 atom stereocenters. The van der Waals surface area contributed by atoms with E-state index in [2.05, 4.69) is 40.6 Å². The number of rotatable bonds is 6. The highest BCUT2D eigenvalue weighted by molar-refractivity contribution is 5.53. The van der Waals surface area contributed by atoms with Crippen LogP contribution in [0, 0.1) is 5.92 Å². The summed E-state index contributed by atoms with van der Waals surface area (Å²) in [5, 5.41) is 6.89. The Kier molecular flexibility index (Phi) is 5.45. The van der Waals surface area contributed by atoms with E-state index >= 15 is 0 Å². The lowest BCUT2D eigenvalue weighted by atomic mass is 9.97. The van der Waals surface area contributed by atoms with Crippen LogP contribution in [0.2, 0.25) is 0 Å². The maximum Gasteiger partial charge on any atom is 0.0547 e. The first kappa shape index (κ1) is 14.1. The van der Waals surface area contributed by atoms with Gasteiger partial charge >= 0.3 is 0 Å². The van der Waals surface area contributed by atoms with Crippen molar-refractivity contribution >= 4 is 11.4 Å². The highest BCUT2D eigenvalue weighted by atomic mass is 15.1. The molecule has 0 unspecified atom stereocenters. The third kappa shape index (κ3) is 4.71. The molecule has 19 heavy (non-hydrogen) atoms. The second-order valence-corrected chi connectivity index (χ2v) is 5.52. The van der Waals surface area contributed by atoms with Crippen molar-refractivity contribution in [2.45, 2.75) is 26.2 Å². The molecule has 0 saturated carbocycles. The highest BCUT2D eigenvalue weighted by Gasteiger charge is 2.16. The molecule has 0 amide bonds. The third-order valence-corrected chi connectivity index (χ3v) is 3.75. The molecule has 0 aromatic carbocycles. The summed E-state index contributed by atoms with van der Waals surface area (Å²) in [7, 11) is 2.20. The molecule has 0 radical (unpaired) electrons. The summed E-state index contributed by atoms with van der Waals surface area (Å²) in [5.74, 6) is 0.795. The molecule has 1 fully saturated rings. The Labute approximate surface area is 116 Å². The molecule has 2 rings (SSSR count). The Morgan fingerprint density at radius 3 is 2.58 bits per heavy atom. The molecule has 0 bridgehead atoms. The third-order valence-electron chi connectivity index (χ3n) is 3.75. The van der Waals surface area contributed by atoms with E-state index in [1.165, 1.54) is 25.9 Å². The van der Waals surface area contributed by atoms with Crippen LogP contribution >= 0.6 is 0 Å². The molecule has 4 nitrogen and oxygen atoms in total. The van der Waals surface area contributed by atoms with E-state index in [1.54, 1.807) is 0 Å². The van der Waals surface area contributed by atoms with Crippen molar-refractivity contribution < 1.29 is 0 Å². The van der Waals surface area contributed by atoms with Gasteiger partial charge in [0.05, 0.1) is 23.8 Å². The molecule has 106 valence electrons. The average molecular weight is 262 g/mol. The zero-order valence-electron chi connectivity index (χ0n) is 12.2. The summed E-state index contributed by atoms with van der Waals surface area (Å²) < 4.78 is 0.